The smallest absolute Gasteiger partial charge is 0.326 e. The topological polar surface area (TPSA) is 142 Å². The molecule has 4 N–H and O–H groups in total. The van der Waals surface area contributed by atoms with Gasteiger partial charge in [0, 0.05) is 23.5 Å². The molecule has 2 aromatic heterocycles. The number of carboxylic acids is 1. The number of H-pyrrole nitrogens is 1. The van der Waals surface area contributed by atoms with Gasteiger partial charge in [0.1, 0.15) is 11.8 Å². The fourth-order valence-corrected chi connectivity index (χ4v) is 3.35. The van der Waals surface area contributed by atoms with Crippen molar-refractivity contribution in [2.75, 3.05) is 7.11 Å². The standard InChI is InChI=1S/C22H21N5O5/c1-31-18-9-5-3-7-15(18)20-26-19(32-27-20)12-24-22(30)25-17(21(28)29)10-13-11-23-16-8-4-2-6-14(13)16/h2-9,11,17,23H,10,12H2,1H3,(H,28,29)(H2,24,25,30)/t17-/m0/s1. The average molecular weight is 435 g/mol. The number of aromatic amines is 1. The molecule has 0 saturated carbocycles. The number of carbonyl (C=O) groups excluding carboxylic acids is 1. The van der Waals surface area contributed by atoms with Gasteiger partial charge in [-0.3, -0.25) is 0 Å². The molecule has 0 aliphatic heterocycles. The summed E-state index contributed by atoms with van der Waals surface area (Å²) >= 11 is 0. The lowest BCUT2D eigenvalue weighted by molar-refractivity contribution is -0.139. The molecule has 0 radical (unpaired) electrons. The third-order valence-electron chi connectivity index (χ3n) is 4.92. The third-order valence-corrected chi connectivity index (χ3v) is 4.92. The molecule has 2 heterocycles. The SMILES string of the molecule is COc1ccccc1-c1noc(CNC(=O)N[C@@H](Cc2c[nH]c3ccccc23)C(=O)O)n1. The van der Waals surface area contributed by atoms with E-state index in [1.807, 2.05) is 36.4 Å². The Balaban J connectivity index is 1.37. The van der Waals surface area contributed by atoms with E-state index in [2.05, 4.69) is 25.8 Å². The van der Waals surface area contributed by atoms with Crippen LogP contribution in [0.5, 0.6) is 5.75 Å². The van der Waals surface area contributed by atoms with E-state index in [0.29, 0.717) is 17.1 Å². The molecule has 2 aromatic carbocycles. The molecule has 0 spiro atoms. The van der Waals surface area contributed by atoms with E-state index in [9.17, 15) is 14.7 Å². The molecular weight excluding hydrogens is 414 g/mol. The first-order chi connectivity index (χ1) is 15.5. The van der Waals surface area contributed by atoms with Crippen LogP contribution in [-0.4, -0.2) is 45.4 Å². The minimum absolute atomic E-state index is 0.0621. The molecule has 0 aliphatic carbocycles. The van der Waals surface area contributed by atoms with Crippen molar-refractivity contribution in [3.8, 4) is 17.1 Å². The van der Waals surface area contributed by atoms with Gasteiger partial charge in [-0.1, -0.05) is 35.5 Å². The molecular formula is C22H21N5O5. The van der Waals surface area contributed by atoms with Gasteiger partial charge in [-0.15, -0.1) is 0 Å². The Bertz CT molecular complexity index is 1250. The normalized spacial score (nSPS) is 11.8. The number of carboxylic acid groups (broad SMARTS) is 1. The summed E-state index contributed by atoms with van der Waals surface area (Å²) in [6, 6.07) is 13.0. The van der Waals surface area contributed by atoms with Crippen LogP contribution >= 0.6 is 0 Å². The minimum atomic E-state index is -1.14. The Hall–Kier alpha value is -4.34. The van der Waals surface area contributed by atoms with Crippen molar-refractivity contribution in [2.45, 2.75) is 19.0 Å². The van der Waals surface area contributed by atoms with Crippen LogP contribution in [-0.2, 0) is 17.8 Å². The molecule has 0 aliphatic rings. The number of aromatic nitrogens is 3. The van der Waals surface area contributed by atoms with Crippen molar-refractivity contribution < 1.29 is 24.0 Å². The minimum Gasteiger partial charge on any atom is -0.496 e. The lowest BCUT2D eigenvalue weighted by Crippen LogP contribution is -2.46. The number of nitrogens with one attached hydrogen (secondary N) is 3. The van der Waals surface area contributed by atoms with Gasteiger partial charge in [0.2, 0.25) is 11.7 Å². The summed E-state index contributed by atoms with van der Waals surface area (Å²) in [5.74, 6) is -0.0548. The van der Waals surface area contributed by atoms with Crippen molar-refractivity contribution in [3.63, 3.8) is 0 Å². The highest BCUT2D eigenvalue weighted by atomic mass is 16.5. The maximum atomic E-state index is 12.3. The van der Waals surface area contributed by atoms with E-state index < -0.39 is 18.0 Å². The number of fused-ring (bicyclic) bond motifs is 1. The van der Waals surface area contributed by atoms with E-state index in [0.717, 1.165) is 16.5 Å². The van der Waals surface area contributed by atoms with Gasteiger partial charge in [0.05, 0.1) is 19.2 Å². The molecule has 0 unspecified atom stereocenters. The zero-order chi connectivity index (χ0) is 22.5. The molecule has 164 valence electrons. The summed E-state index contributed by atoms with van der Waals surface area (Å²) in [4.78, 5) is 31.3. The number of amides is 2. The number of para-hydroxylation sites is 2. The molecule has 4 aromatic rings. The van der Waals surface area contributed by atoms with Crippen molar-refractivity contribution in [1.29, 1.82) is 0 Å². The summed E-state index contributed by atoms with van der Waals surface area (Å²) in [5, 5.41) is 19.4. The molecule has 0 saturated heterocycles. The van der Waals surface area contributed by atoms with Crippen LogP contribution in [0.15, 0.2) is 59.3 Å². The number of methoxy groups -OCH3 is 1. The number of urea groups is 1. The Labute approximate surface area is 182 Å². The van der Waals surface area contributed by atoms with Crippen LogP contribution in [0.2, 0.25) is 0 Å². The highest BCUT2D eigenvalue weighted by molar-refractivity contribution is 5.86. The van der Waals surface area contributed by atoms with Crippen LogP contribution < -0.4 is 15.4 Å². The second-order valence-corrected chi connectivity index (χ2v) is 6.99. The summed E-state index contributed by atoms with van der Waals surface area (Å²) < 4.78 is 10.5. The number of carbonyl (C=O) groups is 2. The van der Waals surface area contributed by atoms with Gasteiger partial charge >= 0.3 is 12.0 Å². The number of aliphatic carboxylic acids is 1. The summed E-state index contributed by atoms with van der Waals surface area (Å²) in [5.41, 5.74) is 2.35. The summed E-state index contributed by atoms with van der Waals surface area (Å²) in [6.07, 6.45) is 1.88. The van der Waals surface area contributed by atoms with Gasteiger partial charge in [-0.05, 0) is 23.8 Å². The fourth-order valence-electron chi connectivity index (χ4n) is 3.35. The lowest BCUT2D eigenvalue weighted by Gasteiger charge is -2.14. The number of hydrogen-bond donors (Lipinski definition) is 4. The number of rotatable bonds is 8. The largest absolute Gasteiger partial charge is 0.496 e. The quantitative estimate of drug-likeness (QED) is 0.333. The Morgan fingerprint density at radius 2 is 1.97 bits per heavy atom. The highest BCUT2D eigenvalue weighted by Crippen LogP contribution is 2.27. The summed E-state index contributed by atoms with van der Waals surface area (Å²) in [7, 11) is 1.54. The number of nitrogens with zero attached hydrogens (tertiary/aromatic N) is 2. The first-order valence-electron chi connectivity index (χ1n) is 9.83. The van der Waals surface area contributed by atoms with E-state index in [1.54, 1.807) is 25.4 Å². The number of ether oxygens (including phenoxy) is 1. The predicted octanol–water partition coefficient (Wildman–Crippen LogP) is 2.72. The van der Waals surface area contributed by atoms with Crippen molar-refractivity contribution in [1.82, 2.24) is 25.8 Å². The van der Waals surface area contributed by atoms with E-state index >= 15 is 0 Å². The van der Waals surface area contributed by atoms with E-state index in [1.165, 1.54) is 0 Å². The van der Waals surface area contributed by atoms with E-state index in [4.69, 9.17) is 9.26 Å². The molecule has 10 nitrogen and oxygen atoms in total. The maximum absolute atomic E-state index is 12.3. The molecule has 1 atom stereocenters. The zero-order valence-electron chi connectivity index (χ0n) is 17.2. The Morgan fingerprint density at radius 3 is 2.78 bits per heavy atom. The molecule has 32 heavy (non-hydrogen) atoms. The Morgan fingerprint density at radius 1 is 1.19 bits per heavy atom. The second-order valence-electron chi connectivity index (χ2n) is 6.99. The zero-order valence-corrected chi connectivity index (χ0v) is 17.2. The number of benzene rings is 2. The van der Waals surface area contributed by atoms with E-state index in [-0.39, 0.29) is 18.9 Å². The van der Waals surface area contributed by atoms with Crippen molar-refractivity contribution >= 4 is 22.9 Å². The fraction of sp³-hybridized carbons (Fsp3) is 0.182. The van der Waals surface area contributed by atoms with Crippen LogP contribution in [0.3, 0.4) is 0 Å². The molecule has 2 amide bonds. The first kappa shape index (κ1) is 20.9. The van der Waals surface area contributed by atoms with Gasteiger partial charge in [-0.25, -0.2) is 9.59 Å². The highest BCUT2D eigenvalue weighted by Gasteiger charge is 2.22. The van der Waals surface area contributed by atoms with Gasteiger partial charge in [0.15, 0.2) is 0 Å². The first-order valence-corrected chi connectivity index (χ1v) is 9.83. The van der Waals surface area contributed by atoms with Gasteiger partial charge in [0.25, 0.3) is 0 Å². The van der Waals surface area contributed by atoms with Gasteiger partial charge in [-0.2, -0.15) is 4.98 Å². The lowest BCUT2D eigenvalue weighted by atomic mass is 10.1. The monoisotopic (exact) mass is 435 g/mol. The summed E-state index contributed by atoms with van der Waals surface area (Å²) in [6.45, 7) is -0.0621. The van der Waals surface area contributed by atoms with Crippen LogP contribution in [0.1, 0.15) is 11.5 Å². The van der Waals surface area contributed by atoms with Crippen molar-refractivity contribution in [2.24, 2.45) is 0 Å². The molecule has 4 rings (SSSR count). The Kier molecular flexibility index (Phi) is 6.02. The van der Waals surface area contributed by atoms with Crippen LogP contribution in [0.25, 0.3) is 22.3 Å². The second kappa shape index (κ2) is 9.21. The molecule has 0 bridgehead atoms. The number of hydrogen-bond acceptors (Lipinski definition) is 6. The molecule has 0 fully saturated rings. The van der Waals surface area contributed by atoms with Gasteiger partial charge < -0.3 is 30.0 Å². The van der Waals surface area contributed by atoms with Crippen LogP contribution in [0, 0.1) is 0 Å². The maximum Gasteiger partial charge on any atom is 0.326 e. The van der Waals surface area contributed by atoms with Crippen molar-refractivity contribution in [3.05, 3.63) is 66.2 Å². The molecule has 10 heteroatoms. The predicted molar refractivity (Wildman–Crippen MR) is 115 cm³/mol. The van der Waals surface area contributed by atoms with Crippen LogP contribution in [0.4, 0.5) is 4.79 Å². The third kappa shape index (κ3) is 4.53. The average Bonchev–Trinajstić information content (AvgIpc) is 3.44.